The van der Waals surface area contributed by atoms with Crippen LogP contribution in [-0.4, -0.2) is 60.0 Å². The summed E-state index contributed by atoms with van der Waals surface area (Å²) >= 11 is 0. The van der Waals surface area contributed by atoms with E-state index in [-0.39, 0.29) is 5.91 Å². The van der Waals surface area contributed by atoms with E-state index in [0.717, 1.165) is 43.9 Å². The van der Waals surface area contributed by atoms with Gasteiger partial charge in [0.05, 0.1) is 0 Å². The minimum atomic E-state index is 0.0959. The van der Waals surface area contributed by atoms with Gasteiger partial charge in [0, 0.05) is 66.5 Å². The van der Waals surface area contributed by atoms with Gasteiger partial charge < -0.3 is 15.2 Å². The number of hydrogen-bond donors (Lipinski definition) is 2. The Kier molecular flexibility index (Phi) is 5.51. The number of amides is 1. The zero-order chi connectivity index (χ0) is 22.2. The summed E-state index contributed by atoms with van der Waals surface area (Å²) in [5, 5.41) is 4.98. The first-order valence-electron chi connectivity index (χ1n) is 11.7. The van der Waals surface area contributed by atoms with E-state index in [1.54, 1.807) is 0 Å². The van der Waals surface area contributed by atoms with Crippen LogP contribution < -0.4 is 5.32 Å². The molecule has 2 N–H and O–H groups in total. The predicted octanol–water partition coefficient (Wildman–Crippen LogP) is 4.63. The van der Waals surface area contributed by atoms with E-state index in [4.69, 9.17) is 0 Å². The summed E-state index contributed by atoms with van der Waals surface area (Å²) in [6.45, 7) is 7.37. The van der Waals surface area contributed by atoms with Crippen LogP contribution in [0, 0.1) is 5.92 Å². The molecule has 0 saturated heterocycles. The van der Waals surface area contributed by atoms with Crippen molar-refractivity contribution in [3.8, 4) is 0 Å². The van der Waals surface area contributed by atoms with Gasteiger partial charge in [-0.05, 0) is 68.3 Å². The largest absolute Gasteiger partial charge is 0.384 e. The Hall–Kier alpha value is -3.05. The lowest BCUT2D eigenvalue weighted by Gasteiger charge is -2.40. The molecule has 5 rings (SSSR count). The van der Waals surface area contributed by atoms with E-state index < -0.39 is 0 Å². The standard InChI is InChI=1S/C27H32N4O/c1-4-31(5-2)27(32)19-8-6-9-21(13-19)28-15-18-12-23-22-10-7-11-24-26(22)20(16-29-24)14-25(23)30(3)17-18/h6-13,16,18,25,28-29H,4-5,14-15,17H2,1-3H3/t18-,25+/m0/s1. The van der Waals surface area contributed by atoms with Crippen molar-refractivity contribution in [1.29, 1.82) is 0 Å². The Balaban J connectivity index is 1.36. The molecule has 0 saturated carbocycles. The van der Waals surface area contributed by atoms with Gasteiger partial charge in [0.15, 0.2) is 0 Å². The zero-order valence-corrected chi connectivity index (χ0v) is 19.2. The van der Waals surface area contributed by atoms with Crippen LogP contribution in [0.25, 0.3) is 16.5 Å². The SMILES string of the molecule is CCN(CC)C(=O)c1cccc(NC[C@@H]2C=C3c4cccc5[nH]cc(c45)C[C@H]3N(C)C2)c1. The predicted molar refractivity (Wildman–Crippen MR) is 132 cm³/mol. The molecule has 3 aromatic rings. The van der Waals surface area contributed by atoms with E-state index in [1.165, 1.54) is 27.6 Å². The van der Waals surface area contributed by atoms with E-state index in [2.05, 4.69) is 58.8 Å². The number of anilines is 1. The Morgan fingerprint density at radius 2 is 2.00 bits per heavy atom. The fourth-order valence-corrected chi connectivity index (χ4v) is 5.38. The van der Waals surface area contributed by atoms with E-state index in [0.29, 0.717) is 12.0 Å². The van der Waals surface area contributed by atoms with Crippen LogP contribution in [0.5, 0.6) is 0 Å². The number of aromatic amines is 1. The molecule has 2 aliphatic rings. The quantitative estimate of drug-likeness (QED) is 0.602. The number of carbonyl (C=O) groups excluding carboxylic acids is 1. The molecular weight excluding hydrogens is 396 g/mol. The van der Waals surface area contributed by atoms with Crippen molar-refractivity contribution in [2.24, 2.45) is 5.92 Å². The maximum atomic E-state index is 12.7. The topological polar surface area (TPSA) is 51.4 Å². The van der Waals surface area contributed by atoms with Crippen molar-refractivity contribution < 1.29 is 4.79 Å². The van der Waals surface area contributed by atoms with Crippen molar-refractivity contribution in [1.82, 2.24) is 14.8 Å². The summed E-state index contributed by atoms with van der Waals surface area (Å²) in [5.41, 5.74) is 7.24. The third-order valence-corrected chi connectivity index (χ3v) is 7.07. The number of aromatic nitrogens is 1. The molecule has 2 heterocycles. The maximum absolute atomic E-state index is 12.7. The molecule has 0 fully saturated rings. The molecule has 5 nitrogen and oxygen atoms in total. The number of hydrogen-bond acceptors (Lipinski definition) is 3. The van der Waals surface area contributed by atoms with Gasteiger partial charge >= 0.3 is 0 Å². The summed E-state index contributed by atoms with van der Waals surface area (Å²) in [7, 11) is 2.24. The molecule has 166 valence electrons. The summed E-state index contributed by atoms with van der Waals surface area (Å²) in [6, 6.07) is 14.9. The van der Waals surface area contributed by atoms with Crippen molar-refractivity contribution in [3.63, 3.8) is 0 Å². The second-order valence-corrected chi connectivity index (χ2v) is 9.02. The summed E-state index contributed by atoms with van der Waals surface area (Å²) in [4.78, 5) is 20.5. The van der Waals surface area contributed by atoms with Crippen LogP contribution in [0.1, 0.15) is 35.3 Å². The lowest BCUT2D eigenvalue weighted by molar-refractivity contribution is 0.0773. The monoisotopic (exact) mass is 428 g/mol. The van der Waals surface area contributed by atoms with Gasteiger partial charge in [-0.15, -0.1) is 0 Å². The fourth-order valence-electron chi connectivity index (χ4n) is 5.38. The van der Waals surface area contributed by atoms with Gasteiger partial charge in [-0.2, -0.15) is 0 Å². The van der Waals surface area contributed by atoms with Crippen LogP contribution in [0.4, 0.5) is 5.69 Å². The number of rotatable bonds is 6. The molecule has 2 aromatic carbocycles. The number of H-pyrrole nitrogens is 1. The van der Waals surface area contributed by atoms with Gasteiger partial charge in [0.2, 0.25) is 0 Å². The molecule has 1 amide bonds. The van der Waals surface area contributed by atoms with Crippen molar-refractivity contribution >= 4 is 28.1 Å². The van der Waals surface area contributed by atoms with E-state index >= 15 is 0 Å². The molecule has 0 spiro atoms. The number of nitrogens with one attached hydrogen (secondary N) is 2. The smallest absolute Gasteiger partial charge is 0.253 e. The van der Waals surface area contributed by atoms with Crippen molar-refractivity contribution in [3.05, 3.63) is 71.4 Å². The average Bonchev–Trinajstić information content (AvgIpc) is 3.23. The molecule has 0 radical (unpaired) electrons. The normalized spacial score (nSPS) is 20.0. The number of likely N-dealkylation sites (N-methyl/N-ethyl adjacent to an activating group) is 1. The lowest BCUT2D eigenvalue weighted by atomic mass is 9.80. The third-order valence-electron chi connectivity index (χ3n) is 7.07. The summed E-state index contributed by atoms with van der Waals surface area (Å²) < 4.78 is 0. The molecule has 0 unspecified atom stereocenters. The highest BCUT2D eigenvalue weighted by Gasteiger charge is 2.33. The fraction of sp³-hybridized carbons (Fsp3) is 0.370. The van der Waals surface area contributed by atoms with Gasteiger partial charge in [-0.25, -0.2) is 0 Å². The molecule has 0 bridgehead atoms. The zero-order valence-electron chi connectivity index (χ0n) is 19.2. The number of carbonyl (C=O) groups is 1. The molecule has 2 atom stereocenters. The minimum Gasteiger partial charge on any atom is -0.384 e. The van der Waals surface area contributed by atoms with Crippen molar-refractivity contribution in [2.45, 2.75) is 26.3 Å². The van der Waals surface area contributed by atoms with Gasteiger partial charge in [0.25, 0.3) is 5.91 Å². The third kappa shape index (κ3) is 3.61. The molecule has 1 aromatic heterocycles. The maximum Gasteiger partial charge on any atom is 0.253 e. The molecular formula is C27H32N4O. The first-order valence-corrected chi connectivity index (χ1v) is 11.7. The second kappa shape index (κ2) is 8.47. The molecule has 1 aliphatic carbocycles. The van der Waals surface area contributed by atoms with Crippen LogP contribution in [0.2, 0.25) is 0 Å². The lowest BCUT2D eigenvalue weighted by Crippen LogP contribution is -2.43. The first kappa shape index (κ1) is 20.8. The van der Waals surface area contributed by atoms with Crippen LogP contribution in [0.3, 0.4) is 0 Å². The highest BCUT2D eigenvalue weighted by Crippen LogP contribution is 2.40. The Labute approximate surface area is 190 Å². The summed E-state index contributed by atoms with van der Waals surface area (Å²) in [5.74, 6) is 0.503. The Morgan fingerprint density at radius 3 is 2.81 bits per heavy atom. The minimum absolute atomic E-state index is 0.0959. The first-order chi connectivity index (χ1) is 15.6. The Morgan fingerprint density at radius 1 is 1.19 bits per heavy atom. The molecule has 32 heavy (non-hydrogen) atoms. The molecule has 5 heteroatoms. The highest BCUT2D eigenvalue weighted by molar-refractivity contribution is 5.98. The van der Waals surface area contributed by atoms with Gasteiger partial charge in [-0.3, -0.25) is 9.69 Å². The highest BCUT2D eigenvalue weighted by atomic mass is 16.2. The van der Waals surface area contributed by atoms with E-state index in [1.807, 2.05) is 36.9 Å². The van der Waals surface area contributed by atoms with Crippen LogP contribution in [0.15, 0.2) is 54.7 Å². The van der Waals surface area contributed by atoms with Crippen LogP contribution in [-0.2, 0) is 6.42 Å². The van der Waals surface area contributed by atoms with Gasteiger partial charge in [0.1, 0.15) is 0 Å². The number of fused-ring (bicyclic) bond motifs is 2. The number of nitrogens with zero attached hydrogens (tertiary/aromatic N) is 2. The summed E-state index contributed by atoms with van der Waals surface area (Å²) in [6.07, 6.45) is 5.72. The van der Waals surface area contributed by atoms with Crippen LogP contribution >= 0.6 is 0 Å². The van der Waals surface area contributed by atoms with Gasteiger partial charge in [-0.1, -0.05) is 24.3 Å². The molecule has 1 aliphatic heterocycles. The van der Waals surface area contributed by atoms with E-state index in [9.17, 15) is 4.79 Å². The number of benzene rings is 2. The second-order valence-electron chi connectivity index (χ2n) is 9.02. The Bertz CT molecular complexity index is 1170. The average molecular weight is 429 g/mol. The van der Waals surface area contributed by atoms with Crippen molar-refractivity contribution in [2.75, 3.05) is 38.5 Å².